The predicted octanol–water partition coefficient (Wildman–Crippen LogP) is 0.953. The van der Waals surface area contributed by atoms with Crippen molar-refractivity contribution < 1.29 is 4.74 Å². The predicted molar refractivity (Wildman–Crippen MR) is 57.1 cm³/mol. The Hall–Kier alpha value is -0.120. The number of hydrogen-bond acceptors (Lipinski definition) is 3. The molecule has 0 aliphatic rings. The van der Waals surface area contributed by atoms with Gasteiger partial charge in [0.2, 0.25) is 0 Å². The molecule has 0 aromatic heterocycles. The molecule has 1 N–H and O–H groups in total. The van der Waals surface area contributed by atoms with Crippen LogP contribution in [0.1, 0.15) is 20.8 Å². The Morgan fingerprint density at radius 2 is 1.85 bits per heavy atom. The maximum Gasteiger partial charge on any atom is 0.0589 e. The van der Waals surface area contributed by atoms with Crippen LogP contribution >= 0.6 is 0 Å². The van der Waals surface area contributed by atoms with E-state index in [1.807, 2.05) is 0 Å². The van der Waals surface area contributed by atoms with E-state index in [4.69, 9.17) is 4.74 Å². The molecule has 3 heteroatoms. The molecule has 0 aromatic carbocycles. The van der Waals surface area contributed by atoms with Crippen LogP contribution in [0.25, 0.3) is 0 Å². The Balaban J connectivity index is 3.31. The Morgan fingerprint density at radius 1 is 1.23 bits per heavy atom. The van der Waals surface area contributed by atoms with Crippen molar-refractivity contribution in [3.63, 3.8) is 0 Å². The zero-order valence-electron chi connectivity index (χ0n) is 9.68. The van der Waals surface area contributed by atoms with E-state index < -0.39 is 0 Å². The summed E-state index contributed by atoms with van der Waals surface area (Å²) in [6.07, 6.45) is 0. The third-order valence-electron chi connectivity index (χ3n) is 1.83. The summed E-state index contributed by atoms with van der Waals surface area (Å²) in [5.74, 6) is 0. The van der Waals surface area contributed by atoms with Gasteiger partial charge in [0.25, 0.3) is 0 Å². The summed E-state index contributed by atoms with van der Waals surface area (Å²) in [6, 6.07) is 0. The van der Waals surface area contributed by atoms with E-state index in [9.17, 15) is 0 Å². The second kappa shape index (κ2) is 6.35. The molecule has 0 aliphatic heterocycles. The summed E-state index contributed by atoms with van der Waals surface area (Å²) in [6.45, 7) is 10.5. The Kier molecular flexibility index (Phi) is 6.29. The van der Waals surface area contributed by atoms with E-state index in [0.29, 0.717) is 0 Å². The van der Waals surface area contributed by atoms with Crippen LogP contribution in [0.2, 0.25) is 0 Å². The van der Waals surface area contributed by atoms with Gasteiger partial charge >= 0.3 is 0 Å². The number of ether oxygens (including phenoxy) is 1. The number of likely N-dealkylation sites (N-methyl/N-ethyl adjacent to an activating group) is 1. The fourth-order valence-corrected chi connectivity index (χ4v) is 0.981. The number of hydrogen-bond donors (Lipinski definition) is 1. The van der Waals surface area contributed by atoms with Crippen LogP contribution in [0.15, 0.2) is 0 Å². The maximum atomic E-state index is 5.00. The van der Waals surface area contributed by atoms with Crippen molar-refractivity contribution in [2.45, 2.75) is 26.3 Å². The Bertz CT molecular complexity index is 121. The molecule has 0 saturated heterocycles. The summed E-state index contributed by atoms with van der Waals surface area (Å²) < 4.78 is 5.00. The van der Waals surface area contributed by atoms with Crippen molar-refractivity contribution in [2.75, 3.05) is 40.4 Å². The van der Waals surface area contributed by atoms with Gasteiger partial charge in [-0.2, -0.15) is 0 Å². The lowest BCUT2D eigenvalue weighted by Gasteiger charge is -2.23. The van der Waals surface area contributed by atoms with Crippen molar-refractivity contribution in [1.82, 2.24) is 10.2 Å². The minimum absolute atomic E-state index is 0.224. The van der Waals surface area contributed by atoms with Crippen LogP contribution in [0.3, 0.4) is 0 Å². The highest BCUT2D eigenvalue weighted by Gasteiger charge is 2.07. The van der Waals surface area contributed by atoms with Crippen LogP contribution in [0, 0.1) is 0 Å². The molecule has 0 spiro atoms. The molecule has 0 radical (unpaired) electrons. The largest absolute Gasteiger partial charge is 0.383 e. The van der Waals surface area contributed by atoms with Gasteiger partial charge in [0.1, 0.15) is 0 Å². The smallest absolute Gasteiger partial charge is 0.0589 e. The first kappa shape index (κ1) is 12.9. The van der Waals surface area contributed by atoms with E-state index in [2.05, 4.69) is 38.0 Å². The summed E-state index contributed by atoms with van der Waals surface area (Å²) in [5.41, 5.74) is 0.224. The van der Waals surface area contributed by atoms with Crippen LogP contribution < -0.4 is 5.32 Å². The topological polar surface area (TPSA) is 24.5 Å². The molecule has 3 nitrogen and oxygen atoms in total. The van der Waals surface area contributed by atoms with Crippen molar-refractivity contribution in [3.8, 4) is 0 Å². The molecule has 0 atom stereocenters. The lowest BCUT2D eigenvalue weighted by molar-refractivity contribution is 0.160. The first-order valence-electron chi connectivity index (χ1n) is 4.88. The highest BCUT2D eigenvalue weighted by Crippen LogP contribution is 1.97. The van der Waals surface area contributed by atoms with Crippen molar-refractivity contribution in [1.29, 1.82) is 0 Å². The molecular formula is C10H24N2O. The number of methoxy groups -OCH3 is 1. The van der Waals surface area contributed by atoms with E-state index in [1.54, 1.807) is 7.11 Å². The van der Waals surface area contributed by atoms with Gasteiger partial charge in [-0.05, 0) is 27.8 Å². The summed E-state index contributed by atoms with van der Waals surface area (Å²) in [5, 5.41) is 3.45. The zero-order chi connectivity index (χ0) is 10.3. The minimum Gasteiger partial charge on any atom is -0.383 e. The van der Waals surface area contributed by atoms with E-state index in [1.165, 1.54) is 0 Å². The molecule has 0 aromatic rings. The average molecular weight is 188 g/mol. The first-order chi connectivity index (χ1) is 5.95. The van der Waals surface area contributed by atoms with Gasteiger partial charge in [-0.15, -0.1) is 0 Å². The molecule has 0 fully saturated rings. The molecule has 0 saturated carbocycles. The average Bonchev–Trinajstić information content (AvgIpc) is 1.98. The van der Waals surface area contributed by atoms with Crippen LogP contribution in [-0.4, -0.2) is 50.8 Å². The summed E-state index contributed by atoms with van der Waals surface area (Å²) in [7, 11) is 3.85. The van der Waals surface area contributed by atoms with Crippen LogP contribution in [0.5, 0.6) is 0 Å². The number of rotatable bonds is 6. The van der Waals surface area contributed by atoms with Crippen LogP contribution in [0.4, 0.5) is 0 Å². The quantitative estimate of drug-likeness (QED) is 0.672. The highest BCUT2D eigenvalue weighted by molar-refractivity contribution is 4.70. The first-order valence-corrected chi connectivity index (χ1v) is 4.88. The molecule has 13 heavy (non-hydrogen) atoms. The number of nitrogens with zero attached hydrogens (tertiary/aromatic N) is 1. The second-order valence-corrected chi connectivity index (χ2v) is 4.47. The third-order valence-corrected chi connectivity index (χ3v) is 1.83. The van der Waals surface area contributed by atoms with Gasteiger partial charge < -0.3 is 15.0 Å². The summed E-state index contributed by atoms with van der Waals surface area (Å²) in [4.78, 5) is 2.27. The molecular weight excluding hydrogens is 164 g/mol. The van der Waals surface area contributed by atoms with Gasteiger partial charge in [-0.1, -0.05) is 0 Å². The number of nitrogens with one attached hydrogen (secondary N) is 1. The molecule has 0 heterocycles. The van der Waals surface area contributed by atoms with Gasteiger partial charge in [0, 0.05) is 32.3 Å². The standard InChI is InChI=1S/C10H24N2O/c1-10(2,3)11-6-7-12(4)8-9-13-5/h11H,6-9H2,1-5H3. The molecule has 0 aliphatic carbocycles. The van der Waals surface area contributed by atoms with Crippen molar-refractivity contribution in [3.05, 3.63) is 0 Å². The minimum atomic E-state index is 0.224. The van der Waals surface area contributed by atoms with Crippen LogP contribution in [-0.2, 0) is 4.74 Å². The van der Waals surface area contributed by atoms with E-state index in [0.717, 1.165) is 26.2 Å². The Morgan fingerprint density at radius 3 is 2.31 bits per heavy atom. The van der Waals surface area contributed by atoms with Crippen molar-refractivity contribution in [2.24, 2.45) is 0 Å². The molecule has 80 valence electrons. The zero-order valence-corrected chi connectivity index (χ0v) is 9.68. The highest BCUT2D eigenvalue weighted by atomic mass is 16.5. The monoisotopic (exact) mass is 188 g/mol. The van der Waals surface area contributed by atoms with Gasteiger partial charge in [0.05, 0.1) is 6.61 Å². The fourth-order valence-electron chi connectivity index (χ4n) is 0.981. The van der Waals surface area contributed by atoms with Gasteiger partial charge in [0.15, 0.2) is 0 Å². The van der Waals surface area contributed by atoms with Gasteiger partial charge in [-0.25, -0.2) is 0 Å². The molecule has 0 bridgehead atoms. The lowest BCUT2D eigenvalue weighted by Crippen LogP contribution is -2.41. The van der Waals surface area contributed by atoms with Gasteiger partial charge in [-0.3, -0.25) is 0 Å². The fraction of sp³-hybridized carbons (Fsp3) is 1.00. The maximum absolute atomic E-state index is 5.00. The SMILES string of the molecule is COCCN(C)CCNC(C)(C)C. The van der Waals surface area contributed by atoms with Crippen molar-refractivity contribution >= 4 is 0 Å². The lowest BCUT2D eigenvalue weighted by atomic mass is 10.1. The molecule has 0 unspecified atom stereocenters. The molecule has 0 rings (SSSR count). The normalized spacial score (nSPS) is 12.5. The summed E-state index contributed by atoms with van der Waals surface area (Å²) >= 11 is 0. The second-order valence-electron chi connectivity index (χ2n) is 4.47. The van der Waals surface area contributed by atoms with E-state index in [-0.39, 0.29) is 5.54 Å². The molecule has 0 amide bonds. The Labute approximate surface area is 82.4 Å². The third kappa shape index (κ3) is 9.80. The van der Waals surface area contributed by atoms with E-state index >= 15 is 0 Å².